The fraction of sp³-hybridized carbons (Fsp3) is 0.368. The molecule has 29 heavy (non-hydrogen) atoms. The number of amides is 1. The van der Waals surface area contributed by atoms with Gasteiger partial charge in [-0.15, -0.1) is 0 Å². The van der Waals surface area contributed by atoms with Gasteiger partial charge in [-0.3, -0.25) is 4.79 Å². The van der Waals surface area contributed by atoms with Crippen LogP contribution in [-0.4, -0.2) is 51.6 Å². The maximum atomic E-state index is 12.5. The third kappa shape index (κ3) is 4.91. The predicted octanol–water partition coefficient (Wildman–Crippen LogP) is 3.46. The third-order valence-corrected chi connectivity index (χ3v) is 4.88. The Bertz CT molecular complexity index is 1020. The molecule has 0 aliphatic carbocycles. The van der Waals surface area contributed by atoms with Gasteiger partial charge in [-0.1, -0.05) is 23.4 Å². The van der Waals surface area contributed by atoms with E-state index in [9.17, 15) is 4.79 Å². The van der Waals surface area contributed by atoms with Gasteiger partial charge in [0.1, 0.15) is 11.6 Å². The number of hydrogen-bond donors (Lipinski definition) is 2. The van der Waals surface area contributed by atoms with Crippen molar-refractivity contribution >= 4 is 46.1 Å². The molecule has 1 aromatic carbocycles. The van der Waals surface area contributed by atoms with Crippen LogP contribution in [0.3, 0.4) is 0 Å². The Labute approximate surface area is 178 Å². The zero-order chi connectivity index (χ0) is 21.0. The first kappa shape index (κ1) is 21.2. The van der Waals surface area contributed by atoms with Crippen LogP contribution in [-0.2, 0) is 6.54 Å². The molecule has 0 spiro atoms. The Hall–Kier alpha value is -2.52. The van der Waals surface area contributed by atoms with Gasteiger partial charge in [0.05, 0.1) is 30.8 Å². The van der Waals surface area contributed by atoms with E-state index < -0.39 is 0 Å². The van der Waals surface area contributed by atoms with Crippen molar-refractivity contribution in [3.8, 4) is 5.75 Å². The minimum absolute atomic E-state index is 0.234. The van der Waals surface area contributed by atoms with Gasteiger partial charge in [0.2, 0.25) is 0 Å². The number of nitrogens with one attached hydrogen (secondary N) is 2. The van der Waals surface area contributed by atoms with Crippen LogP contribution in [0.1, 0.15) is 24.2 Å². The average molecular weight is 435 g/mol. The van der Waals surface area contributed by atoms with Crippen molar-refractivity contribution < 1.29 is 9.53 Å². The van der Waals surface area contributed by atoms with Crippen molar-refractivity contribution in [2.24, 2.45) is 0 Å². The standard InChI is InChI=1S/C19H23ClN6O2S/c1-11(2)23-16-14-10-22-26(17(14)25-19(24-16)29-4)8-7-21-18(27)13-9-12(20)5-6-15(13)28-3/h5-6,9-11H,7-8H2,1-4H3,(H,21,27)(H,23,24,25). The fourth-order valence-electron chi connectivity index (χ4n) is 2.80. The van der Waals surface area contributed by atoms with Gasteiger partial charge in [-0.2, -0.15) is 5.10 Å². The molecule has 0 atom stereocenters. The van der Waals surface area contributed by atoms with Gasteiger partial charge in [-0.05, 0) is 38.3 Å². The van der Waals surface area contributed by atoms with E-state index >= 15 is 0 Å². The van der Waals surface area contributed by atoms with Crippen LogP contribution in [0.2, 0.25) is 5.02 Å². The summed E-state index contributed by atoms with van der Waals surface area (Å²) in [6.07, 6.45) is 3.67. The molecule has 0 saturated carbocycles. The van der Waals surface area contributed by atoms with E-state index in [1.165, 1.54) is 18.9 Å². The first-order valence-electron chi connectivity index (χ1n) is 9.08. The third-order valence-electron chi connectivity index (χ3n) is 4.10. The van der Waals surface area contributed by atoms with E-state index in [0.717, 1.165) is 16.9 Å². The lowest BCUT2D eigenvalue weighted by Crippen LogP contribution is -2.28. The molecule has 2 aromatic heterocycles. The van der Waals surface area contributed by atoms with Crippen molar-refractivity contribution in [3.63, 3.8) is 0 Å². The maximum absolute atomic E-state index is 12.5. The average Bonchev–Trinajstić information content (AvgIpc) is 3.10. The summed E-state index contributed by atoms with van der Waals surface area (Å²) in [7, 11) is 1.52. The molecule has 2 N–H and O–H groups in total. The Morgan fingerprint density at radius 2 is 2.14 bits per heavy atom. The number of hydrogen-bond acceptors (Lipinski definition) is 7. The number of ether oxygens (including phenoxy) is 1. The van der Waals surface area contributed by atoms with Gasteiger partial charge in [-0.25, -0.2) is 14.6 Å². The molecule has 1 amide bonds. The summed E-state index contributed by atoms with van der Waals surface area (Å²) in [5, 5.41) is 12.6. The highest BCUT2D eigenvalue weighted by Crippen LogP contribution is 2.24. The quantitative estimate of drug-likeness (QED) is 0.414. The normalized spacial score (nSPS) is 11.1. The lowest BCUT2D eigenvalue weighted by molar-refractivity contribution is 0.0949. The first-order chi connectivity index (χ1) is 13.9. The Balaban J connectivity index is 1.76. The number of carbonyl (C=O) groups excluding carboxylic acids is 1. The highest BCUT2D eigenvalue weighted by atomic mass is 35.5. The molecule has 0 unspecified atom stereocenters. The van der Waals surface area contributed by atoms with Gasteiger partial charge in [0, 0.05) is 17.6 Å². The van der Waals surface area contributed by atoms with E-state index in [0.29, 0.717) is 34.6 Å². The highest BCUT2D eigenvalue weighted by molar-refractivity contribution is 7.98. The second kappa shape index (κ2) is 9.32. The summed E-state index contributed by atoms with van der Waals surface area (Å²) in [6.45, 7) is 4.94. The van der Waals surface area contributed by atoms with Crippen LogP contribution in [0.5, 0.6) is 5.75 Å². The molecule has 2 heterocycles. The summed E-state index contributed by atoms with van der Waals surface area (Å²) in [4.78, 5) is 21.6. The van der Waals surface area contributed by atoms with Crippen LogP contribution in [0, 0.1) is 0 Å². The van der Waals surface area contributed by atoms with Crippen LogP contribution >= 0.6 is 23.4 Å². The van der Waals surface area contributed by atoms with E-state index in [-0.39, 0.29) is 11.9 Å². The van der Waals surface area contributed by atoms with Crippen molar-refractivity contribution in [2.45, 2.75) is 31.6 Å². The number of anilines is 1. The van der Waals surface area contributed by atoms with Gasteiger partial charge < -0.3 is 15.4 Å². The summed E-state index contributed by atoms with van der Waals surface area (Å²) in [5.74, 6) is 0.967. The number of halogens is 1. The summed E-state index contributed by atoms with van der Waals surface area (Å²) < 4.78 is 7.00. The fourth-order valence-corrected chi connectivity index (χ4v) is 3.33. The van der Waals surface area contributed by atoms with Crippen molar-refractivity contribution in [1.82, 2.24) is 25.1 Å². The summed E-state index contributed by atoms with van der Waals surface area (Å²) >= 11 is 7.47. The molecule has 3 aromatic rings. The highest BCUT2D eigenvalue weighted by Gasteiger charge is 2.15. The minimum Gasteiger partial charge on any atom is -0.496 e. The summed E-state index contributed by atoms with van der Waals surface area (Å²) in [5.41, 5.74) is 1.11. The number of benzene rings is 1. The van der Waals surface area contributed by atoms with Gasteiger partial charge >= 0.3 is 0 Å². The number of aromatic nitrogens is 4. The van der Waals surface area contributed by atoms with E-state index in [2.05, 4.69) is 39.5 Å². The molecular weight excluding hydrogens is 412 g/mol. The maximum Gasteiger partial charge on any atom is 0.255 e. The summed E-state index contributed by atoms with van der Waals surface area (Å²) in [6, 6.07) is 5.17. The molecule has 0 aliphatic rings. The van der Waals surface area contributed by atoms with Crippen molar-refractivity contribution in [1.29, 1.82) is 0 Å². The van der Waals surface area contributed by atoms with Crippen molar-refractivity contribution in [2.75, 3.05) is 25.2 Å². The number of nitrogens with zero attached hydrogens (tertiary/aromatic N) is 4. The van der Waals surface area contributed by atoms with E-state index in [4.69, 9.17) is 16.3 Å². The Morgan fingerprint density at radius 1 is 1.34 bits per heavy atom. The van der Waals surface area contributed by atoms with E-state index in [1.54, 1.807) is 29.1 Å². The molecule has 3 rings (SSSR count). The smallest absolute Gasteiger partial charge is 0.255 e. The van der Waals surface area contributed by atoms with Gasteiger partial charge in [0.15, 0.2) is 10.8 Å². The number of fused-ring (bicyclic) bond motifs is 1. The molecule has 154 valence electrons. The van der Waals surface area contributed by atoms with Gasteiger partial charge in [0.25, 0.3) is 5.91 Å². The SMILES string of the molecule is COc1ccc(Cl)cc1C(=O)NCCn1ncc2c(NC(C)C)nc(SC)nc21. The predicted molar refractivity (Wildman–Crippen MR) is 116 cm³/mol. The number of carbonyl (C=O) groups is 1. The lowest BCUT2D eigenvalue weighted by atomic mass is 10.2. The van der Waals surface area contributed by atoms with Crippen molar-refractivity contribution in [3.05, 3.63) is 35.0 Å². The molecular formula is C19H23ClN6O2S. The minimum atomic E-state index is -0.262. The molecule has 10 heteroatoms. The lowest BCUT2D eigenvalue weighted by Gasteiger charge is -2.12. The second-order valence-electron chi connectivity index (χ2n) is 6.56. The molecule has 0 fully saturated rings. The molecule has 0 saturated heterocycles. The largest absolute Gasteiger partial charge is 0.496 e. The zero-order valence-electron chi connectivity index (χ0n) is 16.7. The molecule has 0 aliphatic heterocycles. The number of methoxy groups -OCH3 is 1. The monoisotopic (exact) mass is 434 g/mol. The Kier molecular flexibility index (Phi) is 6.81. The van der Waals surface area contributed by atoms with Crippen LogP contribution in [0.15, 0.2) is 29.6 Å². The zero-order valence-corrected chi connectivity index (χ0v) is 18.3. The molecule has 0 bridgehead atoms. The number of rotatable bonds is 8. The number of thioether (sulfide) groups is 1. The Morgan fingerprint density at radius 3 is 2.83 bits per heavy atom. The molecule has 8 nitrogen and oxygen atoms in total. The molecule has 0 radical (unpaired) electrons. The van der Waals surface area contributed by atoms with Crippen LogP contribution < -0.4 is 15.4 Å². The van der Waals surface area contributed by atoms with Crippen LogP contribution in [0.4, 0.5) is 5.82 Å². The second-order valence-corrected chi connectivity index (χ2v) is 7.77. The topological polar surface area (TPSA) is 94.0 Å². The first-order valence-corrected chi connectivity index (χ1v) is 10.7. The van der Waals surface area contributed by atoms with E-state index in [1.807, 2.05) is 6.26 Å². The van der Waals surface area contributed by atoms with Crippen LogP contribution in [0.25, 0.3) is 11.0 Å².